The highest BCUT2D eigenvalue weighted by Gasteiger charge is 2.19. The molecule has 0 aliphatic rings. The molecule has 0 spiro atoms. The van der Waals surface area contributed by atoms with Gasteiger partial charge in [-0.3, -0.25) is 14.4 Å². The maximum absolute atomic E-state index is 12.9. The molecule has 1 atom stereocenters. The Morgan fingerprint density at radius 3 is 0.833 bits per heavy atom. The fourth-order valence-electron chi connectivity index (χ4n) is 8.32. The SMILES string of the molecule is CC/C=C\C/C=C\C/C=C\C/C=C\C/C=C\C/C=C\C/C=C\C/C=C\C/C=C\C/C=C\CCCCC(=O)OCC(COC(=O)CCCCCCCCCC)OC(=O)CCCCCCCCCCC/C=C\C/C=C\CCCCC. The van der Waals surface area contributed by atoms with E-state index in [-0.39, 0.29) is 31.1 Å². The quantitative estimate of drug-likeness (QED) is 0.0261. The molecular weight excluding hydrogens is 961 g/mol. The lowest BCUT2D eigenvalue weighted by atomic mass is 10.1. The average molecular weight is 1080 g/mol. The summed E-state index contributed by atoms with van der Waals surface area (Å²) in [6.45, 7) is 6.43. The zero-order chi connectivity index (χ0) is 56.4. The van der Waals surface area contributed by atoms with Gasteiger partial charge in [0, 0.05) is 19.3 Å². The van der Waals surface area contributed by atoms with Crippen LogP contribution < -0.4 is 0 Å². The Hall–Kier alpha value is -4.71. The van der Waals surface area contributed by atoms with Crippen molar-refractivity contribution in [3.8, 4) is 0 Å². The summed E-state index contributed by atoms with van der Waals surface area (Å²) in [5.41, 5.74) is 0. The summed E-state index contributed by atoms with van der Waals surface area (Å²) in [5, 5.41) is 0. The van der Waals surface area contributed by atoms with Gasteiger partial charge in [0.2, 0.25) is 0 Å². The fourth-order valence-corrected chi connectivity index (χ4v) is 8.32. The molecule has 0 saturated carbocycles. The van der Waals surface area contributed by atoms with Crippen LogP contribution in [0, 0.1) is 0 Å². The van der Waals surface area contributed by atoms with E-state index in [1.165, 1.54) is 103 Å². The van der Waals surface area contributed by atoms with Crippen molar-refractivity contribution in [1.82, 2.24) is 0 Å². The molecule has 0 aliphatic carbocycles. The molecule has 78 heavy (non-hydrogen) atoms. The number of carbonyl (C=O) groups is 3. The van der Waals surface area contributed by atoms with Crippen LogP contribution in [0.1, 0.15) is 271 Å². The summed E-state index contributed by atoms with van der Waals surface area (Å²) < 4.78 is 16.8. The van der Waals surface area contributed by atoms with Gasteiger partial charge in [0.05, 0.1) is 0 Å². The zero-order valence-electron chi connectivity index (χ0n) is 50.4. The minimum atomic E-state index is -0.801. The number of rotatable bonds is 56. The minimum Gasteiger partial charge on any atom is -0.462 e. The maximum Gasteiger partial charge on any atom is 0.306 e. The Labute approximate surface area is 480 Å². The summed E-state index contributed by atoms with van der Waals surface area (Å²) in [6, 6.07) is 0. The van der Waals surface area contributed by atoms with Crippen molar-refractivity contribution in [2.24, 2.45) is 0 Å². The van der Waals surface area contributed by atoms with E-state index in [9.17, 15) is 14.4 Å². The Morgan fingerprint density at radius 2 is 0.500 bits per heavy atom. The average Bonchev–Trinajstić information content (AvgIpc) is 3.44. The lowest BCUT2D eigenvalue weighted by molar-refractivity contribution is -0.167. The molecule has 6 nitrogen and oxygen atoms in total. The monoisotopic (exact) mass is 1080 g/mol. The summed E-state index contributed by atoms with van der Waals surface area (Å²) in [4.78, 5) is 38.1. The van der Waals surface area contributed by atoms with E-state index in [4.69, 9.17) is 14.2 Å². The van der Waals surface area contributed by atoms with Crippen molar-refractivity contribution in [3.05, 3.63) is 146 Å². The Bertz CT molecular complexity index is 1710. The number of esters is 3. The van der Waals surface area contributed by atoms with Crippen molar-refractivity contribution >= 4 is 17.9 Å². The molecule has 0 rings (SSSR count). The molecule has 0 radical (unpaired) electrons. The van der Waals surface area contributed by atoms with Crippen LogP contribution in [0.25, 0.3) is 0 Å². The molecule has 0 N–H and O–H groups in total. The second-order valence-corrected chi connectivity index (χ2v) is 20.6. The van der Waals surface area contributed by atoms with Crippen molar-refractivity contribution < 1.29 is 28.6 Å². The number of ether oxygens (including phenoxy) is 3. The largest absolute Gasteiger partial charge is 0.462 e. The van der Waals surface area contributed by atoms with Crippen LogP contribution in [0.3, 0.4) is 0 Å². The molecule has 0 bridgehead atoms. The van der Waals surface area contributed by atoms with Gasteiger partial charge in [-0.2, -0.15) is 0 Å². The maximum atomic E-state index is 12.9. The lowest BCUT2D eigenvalue weighted by Crippen LogP contribution is -2.30. The van der Waals surface area contributed by atoms with Gasteiger partial charge in [0.15, 0.2) is 6.10 Å². The summed E-state index contributed by atoms with van der Waals surface area (Å²) in [5.74, 6) is -0.953. The van der Waals surface area contributed by atoms with Crippen LogP contribution in [0.2, 0.25) is 0 Å². The number of hydrogen-bond acceptors (Lipinski definition) is 6. The van der Waals surface area contributed by atoms with E-state index in [2.05, 4.69) is 167 Å². The van der Waals surface area contributed by atoms with Crippen molar-refractivity contribution in [1.29, 1.82) is 0 Å². The Balaban J connectivity index is 4.29. The van der Waals surface area contributed by atoms with E-state index in [1.54, 1.807) is 0 Å². The standard InChI is InChI=1S/C72H116O6/c1-4-7-10-13-16-19-21-23-25-27-29-30-31-32-33-34-35-36-37-38-39-40-41-42-44-45-47-49-51-53-56-59-62-65-71(74)77-68-69(67-76-70(73)64-61-58-55-18-15-12-9-6-3)78-72(75)66-63-60-57-54-52-50-48-46-43-28-26-24-22-20-17-14-11-8-5-2/h7,10,16-17,19-20,23-26,29-30,32-33,35-36,38-39,41-42,45,47,51,53,69H,4-6,8-9,11-15,18,21-22,27-28,31,34,37,40,43-44,46,48-50,52,54-68H2,1-3H3/b10-7-,19-16-,20-17-,25-23-,26-24-,30-29-,33-32-,36-35-,39-38-,42-41-,47-45-,53-51-. The van der Waals surface area contributed by atoms with Gasteiger partial charge in [-0.1, -0.05) is 269 Å². The topological polar surface area (TPSA) is 78.9 Å². The van der Waals surface area contributed by atoms with Gasteiger partial charge in [-0.25, -0.2) is 0 Å². The smallest absolute Gasteiger partial charge is 0.306 e. The molecule has 0 saturated heterocycles. The van der Waals surface area contributed by atoms with Crippen LogP contribution in [-0.2, 0) is 28.6 Å². The van der Waals surface area contributed by atoms with Gasteiger partial charge < -0.3 is 14.2 Å². The first kappa shape index (κ1) is 73.3. The molecule has 6 heteroatoms. The summed E-state index contributed by atoms with van der Waals surface area (Å²) in [7, 11) is 0. The third-order valence-corrected chi connectivity index (χ3v) is 13.1. The van der Waals surface area contributed by atoms with E-state index >= 15 is 0 Å². The number of carbonyl (C=O) groups excluding carboxylic acids is 3. The van der Waals surface area contributed by atoms with E-state index in [0.29, 0.717) is 25.7 Å². The number of allylic oxidation sites excluding steroid dienone is 24. The highest BCUT2D eigenvalue weighted by molar-refractivity contribution is 5.71. The fraction of sp³-hybridized carbons (Fsp3) is 0.625. The molecule has 0 aromatic carbocycles. The first-order chi connectivity index (χ1) is 38.5. The van der Waals surface area contributed by atoms with Crippen LogP contribution in [0.5, 0.6) is 0 Å². The predicted molar refractivity (Wildman–Crippen MR) is 339 cm³/mol. The van der Waals surface area contributed by atoms with Crippen molar-refractivity contribution in [3.63, 3.8) is 0 Å². The third kappa shape index (κ3) is 62.1. The van der Waals surface area contributed by atoms with Gasteiger partial charge in [0.1, 0.15) is 13.2 Å². The van der Waals surface area contributed by atoms with Gasteiger partial charge in [-0.15, -0.1) is 0 Å². The molecule has 0 aliphatic heterocycles. The van der Waals surface area contributed by atoms with Crippen LogP contribution in [0.4, 0.5) is 0 Å². The second kappa shape index (κ2) is 64.8. The van der Waals surface area contributed by atoms with E-state index < -0.39 is 6.10 Å². The number of unbranched alkanes of at least 4 members (excludes halogenated alkanes) is 21. The predicted octanol–water partition coefficient (Wildman–Crippen LogP) is 21.9. The molecule has 1 unspecified atom stereocenters. The van der Waals surface area contributed by atoms with Crippen molar-refractivity contribution in [2.75, 3.05) is 13.2 Å². The normalized spacial score (nSPS) is 13.1. The van der Waals surface area contributed by atoms with E-state index in [0.717, 1.165) is 122 Å². The first-order valence-corrected chi connectivity index (χ1v) is 31.8. The molecule has 0 aromatic heterocycles. The van der Waals surface area contributed by atoms with Crippen LogP contribution >= 0.6 is 0 Å². The minimum absolute atomic E-state index is 0.0963. The summed E-state index contributed by atoms with van der Waals surface area (Å²) in [6.07, 6.45) is 93.0. The number of hydrogen-bond donors (Lipinski definition) is 0. The molecule has 440 valence electrons. The third-order valence-electron chi connectivity index (χ3n) is 13.1. The molecule has 0 aromatic rings. The highest BCUT2D eigenvalue weighted by Crippen LogP contribution is 2.14. The first-order valence-electron chi connectivity index (χ1n) is 31.8. The highest BCUT2D eigenvalue weighted by atomic mass is 16.6. The lowest BCUT2D eigenvalue weighted by Gasteiger charge is -2.18. The van der Waals surface area contributed by atoms with Crippen LogP contribution in [-0.4, -0.2) is 37.2 Å². The molecule has 0 fully saturated rings. The zero-order valence-corrected chi connectivity index (χ0v) is 50.4. The van der Waals surface area contributed by atoms with E-state index in [1.807, 2.05) is 0 Å². The van der Waals surface area contributed by atoms with Gasteiger partial charge in [-0.05, 0) is 128 Å². The Kier molecular flexibility index (Phi) is 60.9. The Morgan fingerprint density at radius 1 is 0.269 bits per heavy atom. The van der Waals surface area contributed by atoms with Crippen molar-refractivity contribution in [2.45, 2.75) is 277 Å². The summed E-state index contributed by atoms with van der Waals surface area (Å²) >= 11 is 0. The second-order valence-electron chi connectivity index (χ2n) is 20.6. The van der Waals surface area contributed by atoms with Gasteiger partial charge in [0.25, 0.3) is 0 Å². The molecule has 0 amide bonds. The van der Waals surface area contributed by atoms with Crippen LogP contribution in [0.15, 0.2) is 146 Å². The molecule has 0 heterocycles. The van der Waals surface area contributed by atoms with Gasteiger partial charge >= 0.3 is 17.9 Å². The molecular formula is C72H116O6.